The van der Waals surface area contributed by atoms with Crippen molar-refractivity contribution in [3.63, 3.8) is 0 Å². The van der Waals surface area contributed by atoms with Crippen LogP contribution in [0.4, 0.5) is 0 Å². The zero-order valence-corrected chi connectivity index (χ0v) is 22.5. The molecule has 6 nitrogen and oxygen atoms in total. The molecule has 20 heavy (non-hydrogen) atoms. The molecule has 14 heteroatoms. The van der Waals surface area contributed by atoms with Crippen molar-refractivity contribution in [2.75, 3.05) is 42.3 Å². The van der Waals surface area contributed by atoms with Crippen LogP contribution in [0.25, 0.3) is 0 Å². The molecule has 4 saturated heterocycles. The fourth-order valence-electron chi connectivity index (χ4n) is 3.16. The topological polar surface area (TPSA) is 19.4 Å². The molecule has 0 amide bonds. The van der Waals surface area contributed by atoms with Crippen molar-refractivity contribution in [2.45, 2.75) is 0 Å². The van der Waals surface area contributed by atoms with Crippen molar-refractivity contribution in [1.29, 1.82) is 0 Å². The van der Waals surface area contributed by atoms with E-state index >= 15 is 0 Å². The Morgan fingerprint density at radius 3 is 0.600 bits per heavy atom. The molecule has 0 radical (unpaired) electrons. The van der Waals surface area contributed by atoms with Gasteiger partial charge in [0.1, 0.15) is 0 Å². The predicted molar refractivity (Wildman–Crippen MR) is 97.3 cm³/mol. The van der Waals surface area contributed by atoms with Gasteiger partial charge < -0.3 is 0 Å². The second-order valence-electron chi connectivity index (χ2n) is 4.99. The van der Waals surface area contributed by atoms with Crippen LogP contribution in [-0.4, -0.2) is 129 Å². The molecule has 0 N–H and O–H groups in total. The molecule has 0 atom stereocenters. The third-order valence-electron chi connectivity index (χ3n) is 4.52. The minimum absolute atomic E-state index is 1.60. The van der Waals surface area contributed by atoms with Gasteiger partial charge in [-0.25, -0.2) is 0 Å². The molecule has 0 aromatic rings. The van der Waals surface area contributed by atoms with Gasteiger partial charge in [-0.1, -0.05) is 0 Å². The first-order chi connectivity index (χ1) is 8.93. The zero-order chi connectivity index (χ0) is 15.5. The molecule has 116 valence electrons. The normalized spacial score (nSPS) is 55.9. The van der Waals surface area contributed by atoms with Crippen molar-refractivity contribution in [3.05, 3.63) is 0 Å². The maximum atomic E-state index is 3.60. The Kier molecular flexibility index (Phi) is 4.63. The minimum atomic E-state index is -1.60. The molecule has 0 aromatic carbocycles. The van der Waals surface area contributed by atoms with Gasteiger partial charge in [0.15, 0.2) is 0 Å². The molecule has 0 spiro atoms. The fourth-order valence-corrected chi connectivity index (χ4v) is 61.6. The van der Waals surface area contributed by atoms with Gasteiger partial charge in [0.25, 0.3) is 0 Å². The quantitative estimate of drug-likeness (QED) is 0.298. The molecule has 0 aliphatic carbocycles. The predicted octanol–water partition coefficient (Wildman–Crippen LogP) is 1.00. The van der Waals surface area contributed by atoms with Crippen LogP contribution in [0.5, 0.6) is 0 Å². The molecular weight excluding hydrogens is 596 g/mol. The monoisotopic (exact) mass is 618 g/mol. The first-order valence-corrected chi connectivity index (χ1v) is 21.3. The number of rotatable bonds is 0. The standard InChI is InChI=1S/C6H18N6P4Se4/c1-7-13(17)8(2)15(19)10(4)14(7,18)11(5)16(20,9(13)3)12(15)6/h1-6H3. The van der Waals surface area contributed by atoms with Crippen LogP contribution in [0.15, 0.2) is 0 Å². The third-order valence-corrected chi connectivity index (χ3v) is 50.8. The van der Waals surface area contributed by atoms with Crippen molar-refractivity contribution in [2.24, 2.45) is 0 Å². The van der Waals surface area contributed by atoms with Crippen LogP contribution in [0, 0.1) is 0 Å². The summed E-state index contributed by atoms with van der Waals surface area (Å²) in [5.74, 6) is -6.39. The van der Waals surface area contributed by atoms with E-state index < -0.39 is 23.8 Å². The van der Waals surface area contributed by atoms with E-state index in [1.54, 1.807) is 0 Å². The van der Waals surface area contributed by atoms with Gasteiger partial charge in [-0.05, 0) is 0 Å². The average Bonchev–Trinajstić information content (AvgIpc) is 2.43. The summed E-state index contributed by atoms with van der Waals surface area (Å²) in [6, 6.07) is 0. The van der Waals surface area contributed by atoms with Crippen LogP contribution >= 0.6 is 23.8 Å². The van der Waals surface area contributed by atoms with E-state index in [2.05, 4.69) is 129 Å². The van der Waals surface area contributed by atoms with Gasteiger partial charge in [0.05, 0.1) is 0 Å². The summed E-state index contributed by atoms with van der Waals surface area (Å²) in [5.41, 5.74) is 0. The molecule has 4 heterocycles. The molecule has 4 rings (SSSR count). The number of hydrogen-bond acceptors (Lipinski definition) is 6. The summed E-state index contributed by atoms with van der Waals surface area (Å²) < 4.78 is 15.6. The molecular formula is C6H18N6P4Se4. The van der Waals surface area contributed by atoms with E-state index in [-0.39, 0.29) is 0 Å². The van der Waals surface area contributed by atoms with Crippen molar-refractivity contribution >= 4 is 84.2 Å². The summed E-state index contributed by atoms with van der Waals surface area (Å²) in [5, 5.41) is 0. The first-order valence-electron chi connectivity index (χ1n) is 5.81. The van der Waals surface area contributed by atoms with Gasteiger partial charge in [0.2, 0.25) is 0 Å². The summed E-state index contributed by atoms with van der Waals surface area (Å²) in [7, 11) is 13.6. The zero-order valence-electron chi connectivity index (χ0n) is 12.1. The summed E-state index contributed by atoms with van der Waals surface area (Å²) in [6.07, 6.45) is 0. The van der Waals surface area contributed by atoms with Crippen LogP contribution in [0.2, 0.25) is 0 Å². The summed E-state index contributed by atoms with van der Waals surface area (Å²) in [4.78, 5) is 0. The Hall–Kier alpha value is 3.56. The Morgan fingerprint density at radius 2 is 0.500 bits per heavy atom. The maximum absolute atomic E-state index is 3.60. The fraction of sp³-hybridized carbons (Fsp3) is 1.00. The van der Waals surface area contributed by atoms with E-state index in [1.807, 2.05) is 0 Å². The average molecular weight is 614 g/mol. The number of hydrogen-bond donors (Lipinski definition) is 0. The molecule has 0 saturated carbocycles. The van der Waals surface area contributed by atoms with Crippen LogP contribution in [-0.2, 0) is 0 Å². The Morgan fingerprint density at radius 1 is 0.400 bits per heavy atom. The van der Waals surface area contributed by atoms with Gasteiger partial charge in [-0.3, -0.25) is 0 Å². The molecule has 0 unspecified atom stereocenters. The van der Waals surface area contributed by atoms with Gasteiger partial charge in [-0.2, -0.15) is 0 Å². The number of nitrogens with zero attached hydrogens (tertiary/aromatic N) is 6. The van der Waals surface area contributed by atoms with Crippen molar-refractivity contribution in [1.82, 2.24) is 26.6 Å². The summed E-state index contributed by atoms with van der Waals surface area (Å²) in [6.45, 7) is 0. The molecule has 0 aromatic heterocycles. The molecule has 4 bridgehead atoms. The van der Waals surface area contributed by atoms with Gasteiger partial charge in [0, 0.05) is 0 Å². The van der Waals surface area contributed by atoms with E-state index in [9.17, 15) is 0 Å². The van der Waals surface area contributed by atoms with Crippen LogP contribution in [0.1, 0.15) is 0 Å². The third kappa shape index (κ3) is 1.60. The molecule has 4 aliphatic heterocycles. The second-order valence-corrected chi connectivity index (χ2v) is 30.5. The van der Waals surface area contributed by atoms with E-state index in [4.69, 9.17) is 0 Å². The second kappa shape index (κ2) is 5.05. The Bertz CT molecular complexity index is 499. The molecule has 4 aliphatic rings. The summed E-state index contributed by atoms with van der Waals surface area (Å²) >= 11 is 14.4. The molecule has 4 fully saturated rings. The van der Waals surface area contributed by atoms with E-state index in [1.165, 1.54) is 0 Å². The van der Waals surface area contributed by atoms with Crippen LogP contribution < -0.4 is 0 Å². The van der Waals surface area contributed by atoms with Crippen molar-refractivity contribution in [3.8, 4) is 0 Å². The van der Waals surface area contributed by atoms with Gasteiger partial charge >= 0.3 is 153 Å². The Balaban J connectivity index is 2.48. The SMILES string of the molecule is CN1P2(=[Se])N(C)P3(=[Se])N(C)P1(=[Se])N(C)P(=[Se])(N2C)N3C. The van der Waals surface area contributed by atoms with Crippen molar-refractivity contribution < 1.29 is 0 Å². The van der Waals surface area contributed by atoms with Gasteiger partial charge in [-0.15, -0.1) is 0 Å². The van der Waals surface area contributed by atoms with E-state index in [0.29, 0.717) is 0 Å². The first kappa shape index (κ1) is 18.4. The van der Waals surface area contributed by atoms with Crippen LogP contribution in [0.3, 0.4) is 0 Å². The Labute approximate surface area is 152 Å². The van der Waals surface area contributed by atoms with E-state index in [0.717, 1.165) is 0 Å².